The van der Waals surface area contributed by atoms with Gasteiger partial charge in [-0.1, -0.05) is 32.4 Å². The highest BCUT2D eigenvalue weighted by molar-refractivity contribution is 5.92. The van der Waals surface area contributed by atoms with Crippen molar-refractivity contribution in [2.45, 2.75) is 52.5 Å². The van der Waals surface area contributed by atoms with Gasteiger partial charge in [0.1, 0.15) is 11.5 Å². The van der Waals surface area contributed by atoms with Gasteiger partial charge < -0.3 is 9.67 Å². The highest BCUT2D eigenvalue weighted by atomic mass is 16.4. The van der Waals surface area contributed by atoms with Crippen LogP contribution in [0.3, 0.4) is 0 Å². The minimum absolute atomic E-state index is 0.0202. The summed E-state index contributed by atoms with van der Waals surface area (Å²) in [6, 6.07) is 10.9. The number of carboxylic acids is 1. The summed E-state index contributed by atoms with van der Waals surface area (Å²) in [4.78, 5) is 28.0. The van der Waals surface area contributed by atoms with Gasteiger partial charge in [-0.3, -0.25) is 4.79 Å². The molecule has 0 aliphatic heterocycles. The first kappa shape index (κ1) is 20.5. The number of aromatic nitrogens is 4. The maximum atomic E-state index is 12.2. The van der Waals surface area contributed by atoms with E-state index in [2.05, 4.69) is 17.0 Å². The second-order valence-electron chi connectivity index (χ2n) is 7.02. The van der Waals surface area contributed by atoms with Crippen molar-refractivity contribution < 1.29 is 14.7 Å². The Morgan fingerprint density at radius 3 is 2.48 bits per heavy atom. The van der Waals surface area contributed by atoms with Crippen molar-refractivity contribution in [2.24, 2.45) is 0 Å². The van der Waals surface area contributed by atoms with E-state index in [1.807, 2.05) is 35.9 Å². The lowest BCUT2D eigenvalue weighted by molar-refractivity contribution is 0.0688. The largest absolute Gasteiger partial charge is 0.477 e. The quantitative estimate of drug-likeness (QED) is 0.522. The first-order valence-corrected chi connectivity index (χ1v) is 10.00. The molecule has 29 heavy (non-hydrogen) atoms. The van der Waals surface area contributed by atoms with Crippen LogP contribution in [0.25, 0.3) is 5.69 Å². The third kappa shape index (κ3) is 4.80. The molecule has 152 valence electrons. The number of aryl methyl sites for hydroxylation is 1. The number of rotatable bonds is 10. The molecule has 2 heterocycles. The molecule has 0 saturated carbocycles. The van der Waals surface area contributed by atoms with Gasteiger partial charge in [-0.2, -0.15) is 0 Å². The summed E-state index contributed by atoms with van der Waals surface area (Å²) in [7, 11) is 0. The molecule has 3 aromatic rings. The summed E-state index contributed by atoms with van der Waals surface area (Å²) < 4.78 is 3.45. The van der Waals surface area contributed by atoms with Crippen LogP contribution in [0.4, 0.5) is 0 Å². The zero-order valence-electron chi connectivity index (χ0n) is 16.8. The van der Waals surface area contributed by atoms with E-state index in [0.717, 1.165) is 42.8 Å². The van der Waals surface area contributed by atoms with Crippen LogP contribution in [-0.2, 0) is 13.0 Å². The smallest absolute Gasteiger partial charge is 0.352 e. The summed E-state index contributed by atoms with van der Waals surface area (Å²) in [6.07, 6.45) is 5.77. The molecular formula is C22H26N4O3. The van der Waals surface area contributed by atoms with E-state index in [-0.39, 0.29) is 11.5 Å². The Bertz CT molecular complexity index is 986. The van der Waals surface area contributed by atoms with E-state index in [1.165, 1.54) is 0 Å². The zero-order valence-corrected chi connectivity index (χ0v) is 16.8. The second-order valence-corrected chi connectivity index (χ2v) is 7.02. The number of benzene rings is 1. The predicted octanol–water partition coefficient (Wildman–Crippen LogP) is 4.14. The van der Waals surface area contributed by atoms with E-state index >= 15 is 0 Å². The normalized spacial score (nSPS) is 11.0. The fourth-order valence-corrected chi connectivity index (χ4v) is 3.19. The lowest BCUT2D eigenvalue weighted by Gasteiger charge is -2.09. The van der Waals surface area contributed by atoms with Crippen molar-refractivity contribution >= 4 is 11.8 Å². The number of carboxylic acid groups (broad SMARTS) is 1. The molecule has 2 aromatic heterocycles. The monoisotopic (exact) mass is 394 g/mol. The lowest BCUT2D eigenvalue weighted by atomic mass is 10.2. The van der Waals surface area contributed by atoms with Gasteiger partial charge in [0.15, 0.2) is 0 Å². The van der Waals surface area contributed by atoms with Crippen molar-refractivity contribution in [2.75, 3.05) is 0 Å². The minimum atomic E-state index is -0.966. The van der Waals surface area contributed by atoms with Crippen LogP contribution in [-0.4, -0.2) is 36.2 Å². The van der Waals surface area contributed by atoms with Crippen molar-refractivity contribution in [1.82, 2.24) is 19.3 Å². The van der Waals surface area contributed by atoms with Crippen LogP contribution in [0.15, 0.2) is 42.6 Å². The number of Topliss-reactive ketones (excluding diaryl/α,β-unsaturated/α-hetero) is 1. The standard InChI is InChI=1S/C22H26N4O3/c1-3-5-9-20-23-21(19(27)7-4-2)24-26(20)15-16-10-12-17(13-11-16)25-14-6-8-18(25)22(28)29/h6,8,10-14H,3-5,7,9,15H2,1-2H3,(H,28,29). The Labute approximate surface area is 170 Å². The number of hydrogen-bond donors (Lipinski definition) is 1. The fourth-order valence-electron chi connectivity index (χ4n) is 3.19. The molecule has 0 radical (unpaired) electrons. The summed E-state index contributed by atoms with van der Waals surface area (Å²) in [5, 5.41) is 13.7. The van der Waals surface area contributed by atoms with Gasteiger partial charge in [-0.15, -0.1) is 5.10 Å². The van der Waals surface area contributed by atoms with Crippen LogP contribution in [0.1, 0.15) is 72.0 Å². The molecule has 0 amide bonds. The number of hydrogen-bond acceptors (Lipinski definition) is 4. The third-order valence-corrected chi connectivity index (χ3v) is 4.74. The minimum Gasteiger partial charge on any atom is -0.477 e. The molecular weight excluding hydrogens is 368 g/mol. The van der Waals surface area contributed by atoms with Gasteiger partial charge in [0.25, 0.3) is 0 Å². The van der Waals surface area contributed by atoms with Gasteiger partial charge >= 0.3 is 5.97 Å². The van der Waals surface area contributed by atoms with Crippen LogP contribution < -0.4 is 0 Å². The Hall–Kier alpha value is -3.22. The van der Waals surface area contributed by atoms with Gasteiger partial charge in [0, 0.05) is 24.7 Å². The third-order valence-electron chi connectivity index (χ3n) is 4.74. The molecule has 1 N–H and O–H groups in total. The molecule has 0 fully saturated rings. The topological polar surface area (TPSA) is 90.0 Å². The highest BCUT2D eigenvalue weighted by Crippen LogP contribution is 2.16. The molecule has 1 aromatic carbocycles. The lowest BCUT2D eigenvalue weighted by Crippen LogP contribution is -2.09. The first-order valence-electron chi connectivity index (χ1n) is 10.00. The molecule has 7 nitrogen and oxygen atoms in total. The van der Waals surface area contributed by atoms with Crippen molar-refractivity contribution in [3.05, 3.63) is 65.5 Å². The van der Waals surface area contributed by atoms with Gasteiger partial charge in [0.05, 0.1) is 6.54 Å². The molecule has 0 saturated heterocycles. The maximum absolute atomic E-state index is 12.2. The van der Waals surface area contributed by atoms with Gasteiger partial charge in [-0.05, 0) is 42.7 Å². The van der Waals surface area contributed by atoms with E-state index < -0.39 is 5.97 Å². The van der Waals surface area contributed by atoms with Crippen molar-refractivity contribution in [3.63, 3.8) is 0 Å². The number of carbonyl (C=O) groups excluding carboxylic acids is 1. The second kappa shape index (κ2) is 9.32. The summed E-state index contributed by atoms with van der Waals surface area (Å²) in [5.41, 5.74) is 2.00. The van der Waals surface area contributed by atoms with Crippen LogP contribution in [0.5, 0.6) is 0 Å². The fraction of sp³-hybridized carbons (Fsp3) is 0.364. The van der Waals surface area contributed by atoms with E-state index in [1.54, 1.807) is 22.9 Å². The van der Waals surface area contributed by atoms with E-state index in [4.69, 9.17) is 0 Å². The molecule has 0 bridgehead atoms. The first-order chi connectivity index (χ1) is 14.0. The Kier molecular flexibility index (Phi) is 6.59. The Morgan fingerprint density at radius 2 is 1.83 bits per heavy atom. The molecule has 0 spiro atoms. The molecule has 0 aliphatic carbocycles. The molecule has 7 heteroatoms. The Balaban J connectivity index is 1.82. The summed E-state index contributed by atoms with van der Waals surface area (Å²) >= 11 is 0. The van der Waals surface area contributed by atoms with Crippen LogP contribution >= 0.6 is 0 Å². The number of unbranched alkanes of at least 4 members (excludes halogenated alkanes) is 1. The molecule has 0 aliphatic rings. The van der Waals surface area contributed by atoms with Crippen LogP contribution in [0.2, 0.25) is 0 Å². The van der Waals surface area contributed by atoms with Crippen molar-refractivity contribution in [1.29, 1.82) is 0 Å². The van der Waals surface area contributed by atoms with Crippen molar-refractivity contribution in [3.8, 4) is 5.69 Å². The highest BCUT2D eigenvalue weighted by Gasteiger charge is 2.16. The van der Waals surface area contributed by atoms with E-state index in [9.17, 15) is 14.7 Å². The number of carbonyl (C=O) groups is 2. The molecule has 3 rings (SSSR count). The SMILES string of the molecule is CCCCc1nc(C(=O)CCC)nn1Cc1ccc(-n2cccc2C(=O)O)cc1. The average molecular weight is 394 g/mol. The average Bonchev–Trinajstić information content (AvgIpc) is 3.35. The summed E-state index contributed by atoms with van der Waals surface area (Å²) in [6.45, 7) is 4.60. The zero-order chi connectivity index (χ0) is 20.8. The van der Waals surface area contributed by atoms with Crippen LogP contribution in [0, 0.1) is 0 Å². The van der Waals surface area contributed by atoms with E-state index in [0.29, 0.717) is 18.8 Å². The van der Waals surface area contributed by atoms with Gasteiger partial charge in [0.2, 0.25) is 11.6 Å². The number of nitrogens with zero attached hydrogens (tertiary/aromatic N) is 4. The molecule has 0 unspecified atom stereocenters. The number of aromatic carboxylic acids is 1. The Morgan fingerprint density at radius 1 is 1.07 bits per heavy atom. The predicted molar refractivity (Wildman–Crippen MR) is 110 cm³/mol. The molecule has 0 atom stereocenters. The van der Waals surface area contributed by atoms with Gasteiger partial charge in [-0.25, -0.2) is 14.5 Å². The number of ketones is 1. The summed E-state index contributed by atoms with van der Waals surface area (Å²) in [5.74, 6) is 0.140. The maximum Gasteiger partial charge on any atom is 0.352 e.